The van der Waals surface area contributed by atoms with Crippen LogP contribution < -0.4 is 20.3 Å². The number of fused-ring (bicyclic) bond motifs is 1. The van der Waals surface area contributed by atoms with Gasteiger partial charge in [-0.05, 0) is 31.3 Å². The van der Waals surface area contributed by atoms with E-state index in [-0.39, 0.29) is 5.91 Å². The first-order valence-electron chi connectivity index (χ1n) is 6.20. The standard InChI is InChI=1S/C13H17N3O2S/c1-3-15-13(19)16-8-11(12(17)14-2)18-10-7-5-4-6-9(10)16/h4-7,11H,3,8H2,1-2H3,(H,14,17)(H,15,19)/t11-/m0/s1. The Morgan fingerprint density at radius 1 is 1.53 bits per heavy atom. The van der Waals surface area contributed by atoms with Gasteiger partial charge >= 0.3 is 0 Å². The fourth-order valence-corrected chi connectivity index (χ4v) is 2.29. The number of nitrogens with zero attached hydrogens (tertiary/aromatic N) is 1. The summed E-state index contributed by atoms with van der Waals surface area (Å²) in [5.74, 6) is 0.515. The maximum Gasteiger partial charge on any atom is 0.262 e. The molecule has 1 aliphatic heterocycles. The fraction of sp³-hybridized carbons (Fsp3) is 0.385. The quantitative estimate of drug-likeness (QED) is 0.788. The van der Waals surface area contributed by atoms with Gasteiger partial charge < -0.3 is 20.3 Å². The zero-order chi connectivity index (χ0) is 13.8. The first kappa shape index (κ1) is 13.6. The van der Waals surface area contributed by atoms with Gasteiger partial charge in [0.2, 0.25) is 0 Å². The summed E-state index contributed by atoms with van der Waals surface area (Å²) in [5, 5.41) is 6.31. The van der Waals surface area contributed by atoms with E-state index in [9.17, 15) is 4.79 Å². The van der Waals surface area contributed by atoms with Crippen molar-refractivity contribution < 1.29 is 9.53 Å². The zero-order valence-electron chi connectivity index (χ0n) is 11.0. The number of carbonyl (C=O) groups is 1. The molecule has 0 saturated heterocycles. The number of amides is 1. The predicted molar refractivity (Wildman–Crippen MR) is 78.5 cm³/mol. The number of carbonyl (C=O) groups excluding carboxylic acids is 1. The minimum atomic E-state index is -0.559. The summed E-state index contributed by atoms with van der Waals surface area (Å²) in [5.41, 5.74) is 0.883. The molecule has 2 rings (SSSR count). The topological polar surface area (TPSA) is 53.6 Å². The third-order valence-corrected chi connectivity index (χ3v) is 3.25. The lowest BCUT2D eigenvalue weighted by atomic mass is 10.2. The van der Waals surface area contributed by atoms with Gasteiger partial charge in [-0.3, -0.25) is 4.79 Å². The van der Waals surface area contributed by atoms with Crippen molar-refractivity contribution in [1.29, 1.82) is 0 Å². The van der Waals surface area contributed by atoms with Gasteiger partial charge in [0.15, 0.2) is 11.2 Å². The monoisotopic (exact) mass is 279 g/mol. The number of rotatable bonds is 2. The SMILES string of the molecule is CCNC(=S)N1C[C@@H](C(=O)NC)Oc2ccccc21. The normalized spacial score (nSPS) is 17.2. The number of likely N-dealkylation sites (N-methyl/N-ethyl adjacent to an activating group) is 1. The van der Waals surface area contributed by atoms with Crippen LogP contribution in [-0.4, -0.2) is 37.3 Å². The van der Waals surface area contributed by atoms with Crippen LogP contribution in [0.5, 0.6) is 5.75 Å². The van der Waals surface area contributed by atoms with Crippen LogP contribution in [0.4, 0.5) is 5.69 Å². The maximum absolute atomic E-state index is 11.8. The van der Waals surface area contributed by atoms with Gasteiger partial charge in [-0.1, -0.05) is 12.1 Å². The number of hydrogen-bond donors (Lipinski definition) is 2. The molecule has 102 valence electrons. The summed E-state index contributed by atoms with van der Waals surface area (Å²) in [7, 11) is 1.60. The van der Waals surface area contributed by atoms with Crippen LogP contribution >= 0.6 is 12.2 Å². The Morgan fingerprint density at radius 2 is 2.26 bits per heavy atom. The molecule has 0 saturated carbocycles. The maximum atomic E-state index is 11.8. The fourth-order valence-electron chi connectivity index (χ4n) is 1.97. The van der Waals surface area contributed by atoms with Gasteiger partial charge in [0.1, 0.15) is 5.75 Å². The molecule has 0 aliphatic carbocycles. The molecule has 6 heteroatoms. The second-order valence-electron chi connectivity index (χ2n) is 4.13. The molecular weight excluding hydrogens is 262 g/mol. The third-order valence-electron chi connectivity index (χ3n) is 2.89. The molecule has 19 heavy (non-hydrogen) atoms. The zero-order valence-corrected chi connectivity index (χ0v) is 11.8. The number of anilines is 1. The van der Waals surface area contributed by atoms with Crippen molar-refractivity contribution in [2.75, 3.05) is 25.0 Å². The van der Waals surface area contributed by atoms with Crippen LogP contribution in [0.25, 0.3) is 0 Å². The van der Waals surface area contributed by atoms with E-state index in [4.69, 9.17) is 17.0 Å². The highest BCUT2D eigenvalue weighted by Gasteiger charge is 2.31. The van der Waals surface area contributed by atoms with E-state index >= 15 is 0 Å². The predicted octanol–water partition coefficient (Wildman–Crippen LogP) is 0.894. The summed E-state index contributed by atoms with van der Waals surface area (Å²) in [4.78, 5) is 13.7. The molecule has 1 aromatic rings. The largest absolute Gasteiger partial charge is 0.477 e. The number of benzene rings is 1. The molecule has 1 aromatic carbocycles. The summed E-state index contributed by atoms with van der Waals surface area (Å²) in [6, 6.07) is 7.56. The second kappa shape index (κ2) is 5.88. The second-order valence-corrected chi connectivity index (χ2v) is 4.52. The molecule has 0 fully saturated rings. The number of hydrogen-bond acceptors (Lipinski definition) is 3. The molecule has 1 aliphatic rings. The molecule has 0 radical (unpaired) electrons. The Hall–Kier alpha value is -1.82. The van der Waals surface area contributed by atoms with E-state index in [0.717, 1.165) is 12.2 Å². The summed E-state index contributed by atoms with van der Waals surface area (Å²) in [6.45, 7) is 3.13. The molecule has 0 spiro atoms. The van der Waals surface area contributed by atoms with Gasteiger partial charge in [-0.15, -0.1) is 0 Å². The first-order chi connectivity index (χ1) is 9.17. The van der Waals surface area contributed by atoms with E-state index in [1.54, 1.807) is 7.05 Å². The molecule has 1 atom stereocenters. The molecule has 5 nitrogen and oxygen atoms in total. The van der Waals surface area contributed by atoms with Gasteiger partial charge in [-0.25, -0.2) is 0 Å². The van der Waals surface area contributed by atoms with Gasteiger partial charge in [0.25, 0.3) is 5.91 Å². The number of para-hydroxylation sites is 2. The molecule has 0 unspecified atom stereocenters. The Bertz CT molecular complexity index is 493. The van der Waals surface area contributed by atoms with E-state index < -0.39 is 6.10 Å². The summed E-state index contributed by atoms with van der Waals surface area (Å²) >= 11 is 5.35. The van der Waals surface area contributed by atoms with E-state index in [2.05, 4.69) is 10.6 Å². The van der Waals surface area contributed by atoms with Crippen molar-refractivity contribution >= 4 is 28.9 Å². The van der Waals surface area contributed by atoms with Gasteiger partial charge in [0.05, 0.1) is 12.2 Å². The molecule has 1 amide bonds. The van der Waals surface area contributed by atoms with E-state index in [1.807, 2.05) is 36.1 Å². The van der Waals surface area contributed by atoms with Gasteiger partial charge in [0, 0.05) is 13.6 Å². The van der Waals surface area contributed by atoms with Crippen LogP contribution in [0.2, 0.25) is 0 Å². The lowest BCUT2D eigenvalue weighted by molar-refractivity contribution is -0.127. The molecule has 2 N–H and O–H groups in total. The van der Waals surface area contributed by atoms with Crippen molar-refractivity contribution in [2.24, 2.45) is 0 Å². The van der Waals surface area contributed by atoms with E-state index in [1.165, 1.54) is 0 Å². The molecule has 1 heterocycles. The van der Waals surface area contributed by atoms with Crippen LogP contribution in [0.3, 0.4) is 0 Å². The van der Waals surface area contributed by atoms with E-state index in [0.29, 0.717) is 17.4 Å². The number of ether oxygens (including phenoxy) is 1. The van der Waals surface area contributed by atoms with Crippen molar-refractivity contribution in [2.45, 2.75) is 13.0 Å². The minimum Gasteiger partial charge on any atom is -0.477 e. The lowest BCUT2D eigenvalue weighted by Crippen LogP contribution is -2.52. The lowest BCUT2D eigenvalue weighted by Gasteiger charge is -2.35. The van der Waals surface area contributed by atoms with Crippen molar-refractivity contribution in [3.8, 4) is 5.75 Å². The Balaban J connectivity index is 2.31. The first-order valence-corrected chi connectivity index (χ1v) is 6.60. The molecule has 0 bridgehead atoms. The smallest absolute Gasteiger partial charge is 0.262 e. The third kappa shape index (κ3) is 2.78. The number of nitrogens with one attached hydrogen (secondary N) is 2. The Labute approximate surface area is 117 Å². The van der Waals surface area contributed by atoms with Crippen LogP contribution in [0.15, 0.2) is 24.3 Å². The van der Waals surface area contributed by atoms with Crippen LogP contribution in [0.1, 0.15) is 6.92 Å². The van der Waals surface area contributed by atoms with Crippen molar-refractivity contribution in [3.05, 3.63) is 24.3 Å². The van der Waals surface area contributed by atoms with Crippen molar-refractivity contribution in [1.82, 2.24) is 10.6 Å². The highest BCUT2D eigenvalue weighted by molar-refractivity contribution is 7.80. The average molecular weight is 279 g/mol. The minimum absolute atomic E-state index is 0.154. The van der Waals surface area contributed by atoms with Crippen LogP contribution in [-0.2, 0) is 4.79 Å². The average Bonchev–Trinajstić information content (AvgIpc) is 2.45. The van der Waals surface area contributed by atoms with Crippen molar-refractivity contribution in [3.63, 3.8) is 0 Å². The summed E-state index contributed by atoms with van der Waals surface area (Å²) < 4.78 is 5.70. The highest BCUT2D eigenvalue weighted by Crippen LogP contribution is 2.33. The highest BCUT2D eigenvalue weighted by atomic mass is 32.1. The molecular formula is C13H17N3O2S. The van der Waals surface area contributed by atoms with Gasteiger partial charge in [-0.2, -0.15) is 0 Å². The Morgan fingerprint density at radius 3 is 2.95 bits per heavy atom. The summed E-state index contributed by atoms with van der Waals surface area (Å²) in [6.07, 6.45) is -0.559. The van der Waals surface area contributed by atoms with Crippen LogP contribution in [0, 0.1) is 0 Å². The number of thiocarbonyl (C=S) groups is 1. The molecule has 0 aromatic heterocycles. The Kier molecular flexibility index (Phi) is 4.21.